The number of carbonyl (C=O) groups excluding carboxylic acids is 3. The summed E-state index contributed by atoms with van der Waals surface area (Å²) in [6.07, 6.45) is -0.622. The van der Waals surface area contributed by atoms with Gasteiger partial charge in [-0.05, 0) is 42.3 Å². The number of aromatic nitrogens is 2. The molecule has 0 spiro atoms. The Morgan fingerprint density at radius 3 is 2.34 bits per heavy atom. The third-order valence-electron chi connectivity index (χ3n) is 6.04. The fourth-order valence-corrected chi connectivity index (χ4v) is 4.03. The molecule has 38 heavy (non-hydrogen) atoms. The van der Waals surface area contributed by atoms with Crippen molar-refractivity contribution in [3.63, 3.8) is 0 Å². The van der Waals surface area contributed by atoms with Gasteiger partial charge in [0, 0.05) is 31.8 Å². The minimum atomic E-state index is -4.64. The van der Waals surface area contributed by atoms with Crippen molar-refractivity contribution >= 4 is 17.6 Å². The number of benzene rings is 2. The third kappa shape index (κ3) is 6.07. The smallest absolute Gasteiger partial charge is 0.420 e. The quantitative estimate of drug-likeness (QED) is 0.456. The lowest BCUT2D eigenvalue weighted by Gasteiger charge is -2.28. The summed E-state index contributed by atoms with van der Waals surface area (Å²) in [6.45, 7) is 0.0513. The molecule has 2 amide bonds. The maximum Gasteiger partial charge on any atom is 0.420 e. The van der Waals surface area contributed by atoms with E-state index in [0.29, 0.717) is 5.56 Å². The van der Waals surface area contributed by atoms with Crippen LogP contribution in [0.4, 0.5) is 13.2 Å². The van der Waals surface area contributed by atoms with Crippen molar-refractivity contribution in [1.29, 1.82) is 0 Å². The van der Waals surface area contributed by atoms with E-state index in [9.17, 15) is 27.6 Å². The van der Waals surface area contributed by atoms with Crippen LogP contribution in [0.3, 0.4) is 0 Å². The monoisotopic (exact) mass is 528 g/mol. The molecule has 198 valence electrons. The zero-order valence-corrected chi connectivity index (χ0v) is 20.2. The fourth-order valence-electron chi connectivity index (χ4n) is 4.03. The second-order valence-corrected chi connectivity index (χ2v) is 8.67. The highest BCUT2D eigenvalue weighted by Crippen LogP contribution is 2.40. The molecule has 12 heteroatoms. The van der Waals surface area contributed by atoms with Gasteiger partial charge in [-0.1, -0.05) is 12.1 Å². The number of rotatable bonds is 8. The highest BCUT2D eigenvalue weighted by atomic mass is 19.4. The van der Waals surface area contributed by atoms with Gasteiger partial charge in [0.15, 0.2) is 0 Å². The molecule has 2 N–H and O–H groups in total. The molecule has 4 rings (SSSR count). The number of nitrogens with one attached hydrogen (secondary N) is 2. The number of amides is 2. The number of methoxy groups -OCH3 is 1. The minimum absolute atomic E-state index is 0.0470. The summed E-state index contributed by atoms with van der Waals surface area (Å²) in [6, 6.07) is 9.50. The summed E-state index contributed by atoms with van der Waals surface area (Å²) < 4.78 is 50.6. The Morgan fingerprint density at radius 1 is 1.05 bits per heavy atom. The number of hydrogen-bond donors (Lipinski definition) is 2. The van der Waals surface area contributed by atoms with E-state index in [2.05, 4.69) is 20.6 Å². The van der Waals surface area contributed by atoms with E-state index in [1.165, 1.54) is 50.1 Å². The van der Waals surface area contributed by atoms with Crippen molar-refractivity contribution < 1.29 is 37.0 Å². The molecule has 1 heterocycles. The maximum absolute atomic E-state index is 13.4. The molecule has 0 bridgehead atoms. The Bertz CT molecular complexity index is 1330. The highest BCUT2D eigenvalue weighted by Gasteiger charge is 2.46. The molecule has 1 aliphatic carbocycles. The SMILES string of the molecule is COc1ccc(Oc2ccc(CNC(=O)C3(NC(=O)c4cncnc4)CCC(=O)C3)cc2)c(C(F)(F)F)c1. The van der Waals surface area contributed by atoms with Crippen molar-refractivity contribution in [3.05, 3.63) is 77.9 Å². The highest BCUT2D eigenvalue weighted by molar-refractivity contribution is 6.02. The van der Waals surface area contributed by atoms with Crippen LogP contribution in [0, 0.1) is 0 Å². The summed E-state index contributed by atoms with van der Waals surface area (Å²) in [7, 11) is 1.27. The molecular formula is C26H23F3N4O5. The number of Topliss-reactive ketones (excluding diaryl/α,β-unsaturated/α-hetero) is 1. The maximum atomic E-state index is 13.4. The van der Waals surface area contributed by atoms with Crippen LogP contribution >= 0.6 is 0 Å². The second kappa shape index (κ2) is 10.9. The van der Waals surface area contributed by atoms with Crippen LogP contribution in [-0.2, 0) is 22.3 Å². The first-order valence-corrected chi connectivity index (χ1v) is 11.5. The largest absolute Gasteiger partial charge is 0.497 e. The van der Waals surface area contributed by atoms with E-state index in [0.717, 1.165) is 6.07 Å². The lowest BCUT2D eigenvalue weighted by atomic mass is 9.95. The second-order valence-electron chi connectivity index (χ2n) is 8.67. The van der Waals surface area contributed by atoms with Crippen molar-refractivity contribution in [2.45, 2.75) is 37.5 Å². The van der Waals surface area contributed by atoms with Gasteiger partial charge in [0.1, 0.15) is 40.5 Å². The van der Waals surface area contributed by atoms with Gasteiger partial charge in [-0.25, -0.2) is 9.97 Å². The van der Waals surface area contributed by atoms with Crippen LogP contribution in [0.1, 0.15) is 40.7 Å². The third-order valence-corrected chi connectivity index (χ3v) is 6.04. The topological polar surface area (TPSA) is 120 Å². The van der Waals surface area contributed by atoms with Gasteiger partial charge in [0.2, 0.25) is 5.91 Å². The van der Waals surface area contributed by atoms with E-state index in [1.54, 1.807) is 12.1 Å². The number of nitrogens with zero attached hydrogens (tertiary/aromatic N) is 2. The van der Waals surface area contributed by atoms with Crippen LogP contribution in [0.5, 0.6) is 17.2 Å². The Balaban J connectivity index is 1.42. The molecule has 1 aliphatic rings. The normalized spacial score (nSPS) is 17.1. The van der Waals surface area contributed by atoms with E-state index in [4.69, 9.17) is 9.47 Å². The fraction of sp³-hybridized carbons (Fsp3) is 0.269. The number of ketones is 1. The van der Waals surface area contributed by atoms with Crippen molar-refractivity contribution in [2.75, 3.05) is 7.11 Å². The van der Waals surface area contributed by atoms with Crippen molar-refractivity contribution in [1.82, 2.24) is 20.6 Å². The standard InChI is InChI=1S/C26H23F3N4O5/c1-37-20-6-7-22(21(10-20)26(27,28)29)38-19-4-2-16(3-5-19)12-32-24(36)25(9-8-18(34)11-25)33-23(35)17-13-30-15-31-14-17/h2-7,10,13-15H,8-9,11-12H2,1H3,(H,32,36)(H,33,35). The lowest BCUT2D eigenvalue weighted by molar-refractivity contribution is -0.138. The summed E-state index contributed by atoms with van der Waals surface area (Å²) in [5, 5.41) is 5.39. The Labute approximate surface area is 215 Å². The van der Waals surface area contributed by atoms with Crippen LogP contribution in [0.25, 0.3) is 0 Å². The number of ether oxygens (including phenoxy) is 2. The molecule has 1 aromatic heterocycles. The number of hydrogen-bond acceptors (Lipinski definition) is 7. The van der Waals surface area contributed by atoms with Gasteiger partial charge in [-0.2, -0.15) is 13.2 Å². The molecular weight excluding hydrogens is 505 g/mol. The van der Waals surface area contributed by atoms with E-state index >= 15 is 0 Å². The molecule has 2 aromatic carbocycles. The molecule has 1 saturated carbocycles. The Morgan fingerprint density at radius 2 is 1.74 bits per heavy atom. The van der Waals surface area contributed by atoms with E-state index < -0.39 is 29.1 Å². The predicted octanol–water partition coefficient (Wildman–Crippen LogP) is 3.83. The number of carbonyl (C=O) groups is 3. The molecule has 0 radical (unpaired) electrons. The first-order chi connectivity index (χ1) is 18.1. The van der Waals surface area contributed by atoms with Crippen LogP contribution in [0.2, 0.25) is 0 Å². The Hall–Kier alpha value is -4.48. The van der Waals surface area contributed by atoms with Gasteiger partial charge in [-0.3, -0.25) is 14.4 Å². The first-order valence-electron chi connectivity index (χ1n) is 11.5. The zero-order chi connectivity index (χ0) is 27.3. The van der Waals surface area contributed by atoms with Crippen molar-refractivity contribution in [2.24, 2.45) is 0 Å². The number of alkyl halides is 3. The van der Waals surface area contributed by atoms with Gasteiger partial charge < -0.3 is 20.1 Å². The first kappa shape index (κ1) is 26.6. The number of halogens is 3. The molecule has 1 fully saturated rings. The van der Waals surface area contributed by atoms with E-state index in [1.807, 2.05) is 0 Å². The van der Waals surface area contributed by atoms with Crippen LogP contribution in [-0.4, -0.2) is 40.2 Å². The summed E-state index contributed by atoms with van der Waals surface area (Å²) in [5.41, 5.74) is -1.61. The van der Waals surface area contributed by atoms with Crippen LogP contribution in [0.15, 0.2) is 61.2 Å². The van der Waals surface area contributed by atoms with Gasteiger partial charge in [-0.15, -0.1) is 0 Å². The van der Waals surface area contributed by atoms with Crippen molar-refractivity contribution in [3.8, 4) is 17.2 Å². The summed E-state index contributed by atoms with van der Waals surface area (Å²) >= 11 is 0. The summed E-state index contributed by atoms with van der Waals surface area (Å²) in [5.74, 6) is -1.43. The van der Waals surface area contributed by atoms with Crippen LogP contribution < -0.4 is 20.1 Å². The average molecular weight is 528 g/mol. The van der Waals surface area contributed by atoms with E-state index in [-0.39, 0.29) is 54.4 Å². The van der Waals surface area contributed by atoms with Gasteiger partial charge in [0.05, 0.1) is 12.7 Å². The molecule has 3 aromatic rings. The molecule has 1 atom stereocenters. The average Bonchev–Trinajstić information content (AvgIpc) is 3.29. The molecule has 0 aliphatic heterocycles. The molecule has 0 saturated heterocycles. The molecule has 9 nitrogen and oxygen atoms in total. The zero-order valence-electron chi connectivity index (χ0n) is 20.2. The Kier molecular flexibility index (Phi) is 7.60. The predicted molar refractivity (Wildman–Crippen MR) is 127 cm³/mol. The van der Waals surface area contributed by atoms with Gasteiger partial charge in [0.25, 0.3) is 5.91 Å². The van der Waals surface area contributed by atoms with Gasteiger partial charge >= 0.3 is 6.18 Å². The minimum Gasteiger partial charge on any atom is -0.497 e. The summed E-state index contributed by atoms with van der Waals surface area (Å²) in [4.78, 5) is 45.3. The lowest BCUT2D eigenvalue weighted by Crippen LogP contribution is -2.57. The molecule has 1 unspecified atom stereocenters.